The summed E-state index contributed by atoms with van der Waals surface area (Å²) in [7, 11) is -2.20. The Morgan fingerprint density at radius 2 is 1.64 bits per heavy atom. The molecule has 0 unspecified atom stereocenters. The van der Waals surface area contributed by atoms with E-state index in [0.717, 1.165) is 32.7 Å². The van der Waals surface area contributed by atoms with Gasteiger partial charge in [-0.3, -0.25) is 9.10 Å². The highest BCUT2D eigenvalue weighted by Crippen LogP contribution is 2.23. The number of anilines is 1. The van der Waals surface area contributed by atoms with E-state index in [1.807, 2.05) is 4.90 Å². The number of carbonyl (C=O) groups excluding carboxylic acids is 1. The number of amides is 1. The van der Waals surface area contributed by atoms with Gasteiger partial charge in [-0.2, -0.15) is 0 Å². The van der Waals surface area contributed by atoms with Gasteiger partial charge >= 0.3 is 0 Å². The molecule has 2 aromatic rings. The minimum Gasteiger partial charge on any atom is -0.332 e. The van der Waals surface area contributed by atoms with Crippen molar-refractivity contribution in [2.24, 2.45) is 0 Å². The number of piperazine rings is 1. The zero-order chi connectivity index (χ0) is 20.3. The van der Waals surface area contributed by atoms with Gasteiger partial charge in [-0.1, -0.05) is 11.6 Å². The molecular weight excluding hydrogens is 398 g/mol. The molecule has 1 aliphatic heterocycles. The second-order valence-corrected chi connectivity index (χ2v) is 9.27. The topological polar surface area (TPSA) is 62.1 Å². The molecule has 0 spiro atoms. The predicted molar refractivity (Wildman–Crippen MR) is 111 cm³/mol. The highest BCUT2D eigenvalue weighted by atomic mass is 35.5. The molecule has 0 atom stereocenters. The van der Waals surface area contributed by atoms with E-state index >= 15 is 0 Å². The second kappa shape index (κ2) is 8.51. The number of sulfonamides is 1. The highest BCUT2D eigenvalue weighted by molar-refractivity contribution is 7.92. The number of nitrogens with one attached hydrogen (secondary N) is 1. The molecule has 0 aromatic heterocycles. The Labute approximate surface area is 171 Å². The molecule has 0 radical (unpaired) electrons. The summed E-state index contributed by atoms with van der Waals surface area (Å²) >= 11 is 5.84. The lowest BCUT2D eigenvalue weighted by molar-refractivity contribution is -0.902. The average molecular weight is 423 g/mol. The molecule has 2 aromatic carbocycles. The summed E-state index contributed by atoms with van der Waals surface area (Å²) in [5.41, 5.74) is 1.06. The minimum absolute atomic E-state index is 0.00934. The van der Waals surface area contributed by atoms with Crippen molar-refractivity contribution in [3.63, 3.8) is 0 Å². The van der Waals surface area contributed by atoms with Crippen LogP contribution in [-0.4, -0.2) is 59.0 Å². The zero-order valence-electron chi connectivity index (χ0n) is 16.1. The standard InChI is InChI=1S/C20H24ClN3O3S/c1-3-23-12-14-24(15-13-23)20(25)16-4-8-18(9-5-16)22(2)28(26,27)19-10-6-17(21)7-11-19/h4-11H,3,12-15H2,1-2H3/p+1. The number of carbonyl (C=O) groups is 1. The van der Waals surface area contributed by atoms with Crippen LogP contribution in [0.15, 0.2) is 53.4 Å². The van der Waals surface area contributed by atoms with E-state index in [4.69, 9.17) is 11.6 Å². The summed E-state index contributed by atoms with van der Waals surface area (Å²) in [6.45, 7) is 6.64. The van der Waals surface area contributed by atoms with Gasteiger partial charge in [0, 0.05) is 17.6 Å². The number of halogens is 1. The van der Waals surface area contributed by atoms with E-state index in [9.17, 15) is 13.2 Å². The first-order valence-corrected chi connectivity index (χ1v) is 11.1. The van der Waals surface area contributed by atoms with E-state index in [1.54, 1.807) is 36.4 Å². The molecule has 3 rings (SSSR count). The fraction of sp³-hybridized carbons (Fsp3) is 0.350. The first kappa shape index (κ1) is 20.6. The Bertz CT molecular complexity index is 922. The molecule has 1 amide bonds. The van der Waals surface area contributed by atoms with E-state index in [1.165, 1.54) is 28.4 Å². The molecule has 1 saturated heterocycles. The molecule has 0 aliphatic carbocycles. The van der Waals surface area contributed by atoms with Crippen LogP contribution in [0.2, 0.25) is 5.02 Å². The van der Waals surface area contributed by atoms with Gasteiger partial charge in [0.1, 0.15) is 0 Å². The van der Waals surface area contributed by atoms with Gasteiger partial charge in [0.2, 0.25) is 0 Å². The summed E-state index contributed by atoms with van der Waals surface area (Å²) in [5, 5.41) is 0.478. The van der Waals surface area contributed by atoms with E-state index in [-0.39, 0.29) is 10.8 Å². The van der Waals surface area contributed by atoms with Crippen molar-refractivity contribution in [3.8, 4) is 0 Å². The van der Waals surface area contributed by atoms with E-state index < -0.39 is 10.0 Å². The number of nitrogens with zero attached hydrogens (tertiary/aromatic N) is 2. The molecule has 6 nitrogen and oxygen atoms in total. The van der Waals surface area contributed by atoms with Crippen LogP contribution in [0.25, 0.3) is 0 Å². The van der Waals surface area contributed by atoms with Crippen molar-refractivity contribution in [2.45, 2.75) is 11.8 Å². The maximum Gasteiger partial charge on any atom is 0.264 e. The number of rotatable bonds is 5. The van der Waals surface area contributed by atoms with Crippen molar-refractivity contribution in [1.29, 1.82) is 0 Å². The van der Waals surface area contributed by atoms with Gasteiger partial charge in [0.25, 0.3) is 15.9 Å². The average Bonchev–Trinajstić information content (AvgIpc) is 2.73. The van der Waals surface area contributed by atoms with Crippen LogP contribution in [0, 0.1) is 0 Å². The van der Waals surface area contributed by atoms with Crippen molar-refractivity contribution in [2.75, 3.05) is 44.1 Å². The fourth-order valence-corrected chi connectivity index (χ4v) is 4.60. The van der Waals surface area contributed by atoms with Crippen LogP contribution < -0.4 is 9.21 Å². The number of hydrogen-bond acceptors (Lipinski definition) is 3. The second-order valence-electron chi connectivity index (χ2n) is 6.87. The lowest BCUT2D eigenvalue weighted by Gasteiger charge is -2.31. The normalized spacial score (nSPS) is 15.5. The molecular formula is C20H25ClN3O3S+. The molecule has 1 N–H and O–H groups in total. The lowest BCUT2D eigenvalue weighted by Crippen LogP contribution is -3.14. The number of likely N-dealkylation sites (N-methyl/N-ethyl adjacent to an activating group) is 1. The molecule has 150 valence electrons. The van der Waals surface area contributed by atoms with Gasteiger partial charge in [-0.25, -0.2) is 8.42 Å². The van der Waals surface area contributed by atoms with Crippen LogP contribution in [-0.2, 0) is 10.0 Å². The Morgan fingerprint density at radius 1 is 1.07 bits per heavy atom. The van der Waals surface area contributed by atoms with Crippen LogP contribution in [0.5, 0.6) is 0 Å². The Kier molecular flexibility index (Phi) is 6.27. The van der Waals surface area contributed by atoms with Crippen molar-refractivity contribution < 1.29 is 18.1 Å². The number of hydrogen-bond donors (Lipinski definition) is 1. The zero-order valence-corrected chi connectivity index (χ0v) is 17.6. The molecule has 0 saturated carbocycles. The molecule has 1 aliphatic rings. The van der Waals surface area contributed by atoms with Crippen LogP contribution >= 0.6 is 11.6 Å². The highest BCUT2D eigenvalue weighted by Gasteiger charge is 2.25. The van der Waals surface area contributed by atoms with Gasteiger partial charge in [-0.15, -0.1) is 0 Å². The third kappa shape index (κ3) is 4.32. The largest absolute Gasteiger partial charge is 0.332 e. The summed E-state index contributed by atoms with van der Waals surface area (Å²) in [6, 6.07) is 12.7. The summed E-state index contributed by atoms with van der Waals surface area (Å²) in [4.78, 5) is 16.2. The summed E-state index contributed by atoms with van der Waals surface area (Å²) < 4.78 is 26.8. The van der Waals surface area contributed by atoms with Gasteiger partial charge in [0.05, 0.1) is 43.3 Å². The SMILES string of the molecule is CC[NH+]1CCN(C(=O)c2ccc(N(C)S(=O)(=O)c3ccc(Cl)cc3)cc2)CC1. The van der Waals surface area contributed by atoms with E-state index in [2.05, 4.69) is 6.92 Å². The van der Waals surface area contributed by atoms with Crippen LogP contribution in [0.3, 0.4) is 0 Å². The quantitative estimate of drug-likeness (QED) is 0.794. The van der Waals surface area contributed by atoms with Gasteiger partial charge in [-0.05, 0) is 55.5 Å². The lowest BCUT2D eigenvalue weighted by atomic mass is 10.1. The first-order valence-electron chi connectivity index (χ1n) is 9.30. The van der Waals surface area contributed by atoms with Crippen molar-refractivity contribution >= 4 is 33.2 Å². The Morgan fingerprint density at radius 3 is 2.18 bits per heavy atom. The van der Waals surface area contributed by atoms with Crippen LogP contribution in [0.4, 0.5) is 5.69 Å². The number of quaternary nitrogens is 1. The molecule has 1 fully saturated rings. The monoisotopic (exact) mass is 422 g/mol. The minimum atomic E-state index is -3.69. The van der Waals surface area contributed by atoms with Crippen molar-refractivity contribution in [1.82, 2.24) is 4.90 Å². The maximum atomic E-state index is 12.8. The van der Waals surface area contributed by atoms with Crippen LogP contribution in [0.1, 0.15) is 17.3 Å². The first-order chi connectivity index (χ1) is 13.3. The molecule has 28 heavy (non-hydrogen) atoms. The number of benzene rings is 2. The molecule has 1 heterocycles. The van der Waals surface area contributed by atoms with Crippen molar-refractivity contribution in [3.05, 3.63) is 59.1 Å². The molecule has 0 bridgehead atoms. The van der Waals surface area contributed by atoms with Gasteiger partial charge < -0.3 is 9.80 Å². The third-order valence-corrected chi connectivity index (χ3v) is 7.26. The molecule has 8 heteroatoms. The maximum absolute atomic E-state index is 12.8. The smallest absolute Gasteiger partial charge is 0.264 e. The fourth-order valence-electron chi connectivity index (χ4n) is 3.28. The predicted octanol–water partition coefficient (Wildman–Crippen LogP) is 1.53. The third-order valence-electron chi connectivity index (χ3n) is 5.21. The summed E-state index contributed by atoms with van der Waals surface area (Å²) in [5.74, 6) is -0.00934. The van der Waals surface area contributed by atoms with Gasteiger partial charge in [0.15, 0.2) is 0 Å². The Hall–Kier alpha value is -2.09. The van der Waals surface area contributed by atoms with E-state index in [0.29, 0.717) is 16.3 Å². The Balaban J connectivity index is 1.73. The summed E-state index contributed by atoms with van der Waals surface area (Å²) in [6.07, 6.45) is 0.